The number of hydrogen-bond acceptors (Lipinski definition) is 5. The van der Waals surface area contributed by atoms with Gasteiger partial charge in [-0.3, -0.25) is 0 Å². The van der Waals surface area contributed by atoms with Gasteiger partial charge in [-0.15, -0.1) is 0 Å². The number of carbonyl (C=O) groups excluding carboxylic acids is 1. The van der Waals surface area contributed by atoms with Gasteiger partial charge >= 0.3 is 5.97 Å². The van der Waals surface area contributed by atoms with Crippen molar-refractivity contribution in [3.63, 3.8) is 0 Å². The van der Waals surface area contributed by atoms with Crippen LogP contribution in [0.5, 0.6) is 0 Å². The number of nitrogens with one attached hydrogen (secondary N) is 1. The number of anilines is 2. The van der Waals surface area contributed by atoms with E-state index in [-0.39, 0.29) is 12.0 Å². The Morgan fingerprint density at radius 1 is 1.50 bits per heavy atom. The monoisotopic (exact) mass is 251 g/mol. The van der Waals surface area contributed by atoms with Gasteiger partial charge in [-0.1, -0.05) is 13.8 Å². The zero-order chi connectivity index (χ0) is 13.7. The first kappa shape index (κ1) is 14.3. The van der Waals surface area contributed by atoms with Crippen LogP contribution in [0.15, 0.2) is 12.1 Å². The second kappa shape index (κ2) is 6.23. The lowest BCUT2D eigenvalue weighted by Gasteiger charge is -2.19. The number of nitrogens with two attached hydrogens (primary N) is 1. The second-order valence-electron chi connectivity index (χ2n) is 4.72. The molecular weight excluding hydrogens is 230 g/mol. The van der Waals surface area contributed by atoms with Gasteiger partial charge in [0.05, 0.1) is 18.5 Å². The number of carbonyl (C=O) groups is 1. The van der Waals surface area contributed by atoms with Gasteiger partial charge < -0.3 is 15.8 Å². The van der Waals surface area contributed by atoms with Crippen LogP contribution in [0, 0.1) is 12.8 Å². The molecule has 1 unspecified atom stereocenters. The van der Waals surface area contributed by atoms with Crippen LogP contribution in [0.2, 0.25) is 0 Å². The highest BCUT2D eigenvalue weighted by Crippen LogP contribution is 2.15. The first-order chi connectivity index (χ1) is 8.43. The smallest absolute Gasteiger partial charge is 0.328 e. The number of esters is 1. The largest absolute Gasteiger partial charge is 0.467 e. The van der Waals surface area contributed by atoms with Crippen molar-refractivity contribution in [3.05, 3.63) is 17.8 Å². The van der Waals surface area contributed by atoms with Crippen LogP contribution < -0.4 is 11.1 Å². The van der Waals surface area contributed by atoms with Crippen molar-refractivity contribution in [3.8, 4) is 0 Å². The summed E-state index contributed by atoms with van der Waals surface area (Å²) in [5.41, 5.74) is 7.09. The first-order valence-corrected chi connectivity index (χ1v) is 6.01. The lowest BCUT2D eigenvalue weighted by molar-refractivity contribution is -0.141. The molecule has 18 heavy (non-hydrogen) atoms. The zero-order valence-corrected chi connectivity index (χ0v) is 11.4. The number of aryl methyl sites for hydroxylation is 1. The van der Waals surface area contributed by atoms with Crippen LogP contribution >= 0.6 is 0 Å². The van der Waals surface area contributed by atoms with E-state index >= 15 is 0 Å². The molecule has 0 aliphatic carbocycles. The summed E-state index contributed by atoms with van der Waals surface area (Å²) in [6.45, 7) is 5.94. The fourth-order valence-corrected chi connectivity index (χ4v) is 1.66. The van der Waals surface area contributed by atoms with Crippen LogP contribution in [0.25, 0.3) is 0 Å². The molecule has 1 rings (SSSR count). The summed E-state index contributed by atoms with van der Waals surface area (Å²) < 4.78 is 4.79. The van der Waals surface area contributed by atoms with E-state index < -0.39 is 0 Å². The van der Waals surface area contributed by atoms with Crippen molar-refractivity contribution < 1.29 is 9.53 Å². The number of pyridine rings is 1. The molecule has 1 atom stereocenters. The summed E-state index contributed by atoms with van der Waals surface area (Å²) in [7, 11) is 1.39. The number of aromatic nitrogens is 1. The molecule has 3 N–H and O–H groups in total. The summed E-state index contributed by atoms with van der Waals surface area (Å²) in [6.07, 6.45) is 0.692. The second-order valence-corrected chi connectivity index (χ2v) is 4.72. The Morgan fingerprint density at radius 3 is 2.67 bits per heavy atom. The molecule has 0 saturated carbocycles. The molecule has 0 radical (unpaired) electrons. The van der Waals surface area contributed by atoms with Crippen molar-refractivity contribution in [2.24, 2.45) is 5.92 Å². The van der Waals surface area contributed by atoms with Crippen LogP contribution in [0.3, 0.4) is 0 Å². The molecule has 0 aliphatic heterocycles. The molecule has 0 saturated heterocycles. The molecular formula is C13H21N3O2. The van der Waals surface area contributed by atoms with E-state index in [0.29, 0.717) is 23.8 Å². The minimum Gasteiger partial charge on any atom is -0.467 e. The molecule has 0 bridgehead atoms. The standard InChI is InChI=1S/C13H21N3O2/c1-8(2)7-11(13(17)18-4)16-12-6-5-10(14)9(3)15-12/h5-6,8,11H,7,14H2,1-4H3,(H,15,16). The fraction of sp³-hybridized carbons (Fsp3) is 0.538. The molecule has 5 nitrogen and oxygen atoms in total. The molecule has 0 fully saturated rings. The number of hydrogen-bond donors (Lipinski definition) is 2. The maximum atomic E-state index is 11.7. The van der Waals surface area contributed by atoms with E-state index in [9.17, 15) is 4.79 Å². The molecule has 1 heterocycles. The predicted octanol–water partition coefficient (Wildman–Crippen LogP) is 1.97. The summed E-state index contributed by atoms with van der Waals surface area (Å²) in [4.78, 5) is 16.0. The van der Waals surface area contributed by atoms with Gasteiger partial charge in [-0.05, 0) is 31.4 Å². The van der Waals surface area contributed by atoms with Crippen molar-refractivity contribution >= 4 is 17.5 Å². The molecule has 1 aromatic heterocycles. The van der Waals surface area contributed by atoms with Crippen LogP contribution in [-0.4, -0.2) is 24.1 Å². The fourth-order valence-electron chi connectivity index (χ4n) is 1.66. The quantitative estimate of drug-likeness (QED) is 0.782. The van der Waals surface area contributed by atoms with E-state index in [1.807, 2.05) is 6.92 Å². The van der Waals surface area contributed by atoms with E-state index in [1.165, 1.54) is 7.11 Å². The van der Waals surface area contributed by atoms with Crippen LogP contribution in [-0.2, 0) is 9.53 Å². The lowest BCUT2D eigenvalue weighted by atomic mass is 10.0. The van der Waals surface area contributed by atoms with Crippen molar-refractivity contribution in [2.45, 2.75) is 33.2 Å². The van der Waals surface area contributed by atoms with Gasteiger partial charge in [0.2, 0.25) is 0 Å². The van der Waals surface area contributed by atoms with Gasteiger partial charge in [-0.25, -0.2) is 9.78 Å². The number of nitrogens with zero attached hydrogens (tertiary/aromatic N) is 1. The predicted molar refractivity (Wildman–Crippen MR) is 72.3 cm³/mol. The molecule has 0 amide bonds. The maximum absolute atomic E-state index is 11.7. The molecule has 0 spiro atoms. The van der Waals surface area contributed by atoms with Crippen LogP contribution in [0.1, 0.15) is 26.0 Å². The summed E-state index contributed by atoms with van der Waals surface area (Å²) in [5, 5.41) is 3.09. The van der Waals surface area contributed by atoms with Gasteiger partial charge in [0.1, 0.15) is 11.9 Å². The highest BCUT2D eigenvalue weighted by molar-refractivity contribution is 5.78. The Morgan fingerprint density at radius 2 is 2.17 bits per heavy atom. The summed E-state index contributed by atoms with van der Waals surface area (Å²) in [5.74, 6) is 0.745. The lowest BCUT2D eigenvalue weighted by Crippen LogP contribution is -2.32. The normalized spacial score (nSPS) is 12.3. The number of ether oxygens (including phenoxy) is 1. The van der Waals surface area contributed by atoms with Crippen LogP contribution in [0.4, 0.5) is 11.5 Å². The average Bonchev–Trinajstić information content (AvgIpc) is 2.31. The van der Waals surface area contributed by atoms with E-state index in [0.717, 1.165) is 5.69 Å². The molecule has 100 valence electrons. The van der Waals surface area contributed by atoms with Crippen molar-refractivity contribution in [1.82, 2.24) is 4.98 Å². The SMILES string of the molecule is COC(=O)C(CC(C)C)Nc1ccc(N)c(C)n1. The molecule has 5 heteroatoms. The third-order valence-corrected chi connectivity index (χ3v) is 2.64. The Balaban J connectivity index is 2.81. The minimum absolute atomic E-state index is 0.278. The minimum atomic E-state index is -0.384. The van der Waals surface area contributed by atoms with E-state index in [2.05, 4.69) is 24.1 Å². The highest BCUT2D eigenvalue weighted by atomic mass is 16.5. The Hall–Kier alpha value is -1.78. The zero-order valence-electron chi connectivity index (χ0n) is 11.4. The first-order valence-electron chi connectivity index (χ1n) is 6.01. The van der Waals surface area contributed by atoms with Crippen molar-refractivity contribution in [2.75, 3.05) is 18.2 Å². The Labute approximate surface area is 108 Å². The maximum Gasteiger partial charge on any atom is 0.328 e. The summed E-state index contributed by atoms with van der Waals surface area (Å²) in [6, 6.07) is 3.15. The molecule has 0 aliphatic rings. The Bertz CT molecular complexity index is 419. The van der Waals surface area contributed by atoms with E-state index in [1.54, 1.807) is 12.1 Å². The van der Waals surface area contributed by atoms with Crippen molar-refractivity contribution in [1.29, 1.82) is 0 Å². The summed E-state index contributed by atoms with van der Waals surface area (Å²) >= 11 is 0. The Kier molecular flexibility index (Phi) is 4.95. The topological polar surface area (TPSA) is 77.2 Å². The van der Waals surface area contributed by atoms with Gasteiger partial charge in [-0.2, -0.15) is 0 Å². The number of nitrogen functional groups attached to an aromatic ring is 1. The van der Waals surface area contributed by atoms with Gasteiger partial charge in [0.25, 0.3) is 0 Å². The average molecular weight is 251 g/mol. The number of rotatable bonds is 5. The molecule has 1 aromatic rings. The van der Waals surface area contributed by atoms with Gasteiger partial charge in [0.15, 0.2) is 0 Å². The highest BCUT2D eigenvalue weighted by Gasteiger charge is 2.20. The third kappa shape index (κ3) is 3.91. The van der Waals surface area contributed by atoms with E-state index in [4.69, 9.17) is 10.5 Å². The van der Waals surface area contributed by atoms with Gasteiger partial charge in [0, 0.05) is 0 Å². The number of methoxy groups -OCH3 is 1. The molecule has 0 aromatic carbocycles. The third-order valence-electron chi connectivity index (χ3n) is 2.64.